The largest absolute Gasteiger partial charge is 0.388 e. The van der Waals surface area contributed by atoms with Crippen molar-refractivity contribution in [3.8, 4) is 0 Å². The normalized spacial score (nSPS) is 20.2. The summed E-state index contributed by atoms with van der Waals surface area (Å²) in [6, 6.07) is 1.74. The van der Waals surface area contributed by atoms with Crippen LogP contribution in [0.5, 0.6) is 0 Å². The Labute approximate surface area is 108 Å². The molecule has 1 unspecified atom stereocenters. The topological polar surface area (TPSA) is 53.4 Å². The van der Waals surface area contributed by atoms with E-state index in [1.807, 2.05) is 13.0 Å². The van der Waals surface area contributed by atoms with Gasteiger partial charge in [0.1, 0.15) is 0 Å². The second kappa shape index (κ2) is 4.69. The number of hydrogen-bond acceptors (Lipinski definition) is 3. The molecule has 0 saturated carbocycles. The molecular weight excluding hydrogens is 228 g/mol. The number of aliphatic hydroxyl groups is 1. The molecule has 1 aromatic heterocycles. The summed E-state index contributed by atoms with van der Waals surface area (Å²) in [6.45, 7) is 6.15. The van der Waals surface area contributed by atoms with Crippen molar-refractivity contribution in [1.29, 1.82) is 0 Å². The highest BCUT2D eigenvalue weighted by Crippen LogP contribution is 2.28. The van der Waals surface area contributed by atoms with Crippen LogP contribution < -0.4 is 0 Å². The Morgan fingerprint density at radius 3 is 2.83 bits per heavy atom. The van der Waals surface area contributed by atoms with Gasteiger partial charge in [-0.1, -0.05) is 0 Å². The Hall–Kier alpha value is -1.42. The van der Waals surface area contributed by atoms with Gasteiger partial charge in [0.2, 0.25) is 0 Å². The van der Waals surface area contributed by atoms with Crippen molar-refractivity contribution in [3.05, 3.63) is 29.6 Å². The lowest BCUT2D eigenvalue weighted by Crippen LogP contribution is -2.48. The van der Waals surface area contributed by atoms with Gasteiger partial charge in [-0.2, -0.15) is 0 Å². The average molecular weight is 248 g/mol. The number of likely N-dealkylation sites (tertiary alicyclic amines) is 1. The summed E-state index contributed by atoms with van der Waals surface area (Å²) in [7, 11) is 0. The summed E-state index contributed by atoms with van der Waals surface area (Å²) in [6.07, 6.45) is 5.12. The molecule has 0 aromatic carbocycles. The molecule has 4 heteroatoms. The number of nitrogens with zero attached hydrogens (tertiary/aromatic N) is 2. The van der Waals surface area contributed by atoms with Crippen LogP contribution in [-0.4, -0.2) is 39.1 Å². The van der Waals surface area contributed by atoms with Gasteiger partial charge < -0.3 is 10.0 Å². The number of aryl methyl sites for hydroxylation is 1. The molecule has 0 radical (unpaired) electrons. The molecule has 0 aliphatic carbocycles. The molecule has 1 amide bonds. The van der Waals surface area contributed by atoms with Gasteiger partial charge in [0, 0.05) is 18.9 Å². The highest BCUT2D eigenvalue weighted by molar-refractivity contribution is 5.94. The van der Waals surface area contributed by atoms with E-state index < -0.39 is 5.60 Å². The lowest BCUT2D eigenvalue weighted by atomic mass is 9.96. The molecule has 2 heterocycles. The third-order valence-electron chi connectivity index (χ3n) is 3.45. The fourth-order valence-corrected chi connectivity index (χ4v) is 2.58. The van der Waals surface area contributed by atoms with Crippen molar-refractivity contribution < 1.29 is 9.90 Å². The molecule has 2 rings (SSSR count). The van der Waals surface area contributed by atoms with Crippen LogP contribution in [0.25, 0.3) is 0 Å². The zero-order chi connectivity index (χ0) is 13.3. The third kappa shape index (κ3) is 2.53. The van der Waals surface area contributed by atoms with Gasteiger partial charge in [0.15, 0.2) is 0 Å². The number of carbonyl (C=O) groups is 1. The standard InChI is InChI=1S/C14H20N2O2/c1-10-7-11(9-15-8-10)13(17)16-6-4-5-12(16)14(2,3)18/h7-9,12,18H,4-6H2,1-3H3. The molecule has 1 N–H and O–H groups in total. The summed E-state index contributed by atoms with van der Waals surface area (Å²) in [5.41, 5.74) is 0.717. The van der Waals surface area contributed by atoms with E-state index in [0.717, 1.165) is 18.4 Å². The van der Waals surface area contributed by atoms with Crippen molar-refractivity contribution >= 4 is 5.91 Å². The molecule has 1 aliphatic rings. The summed E-state index contributed by atoms with van der Waals surface area (Å²) >= 11 is 0. The SMILES string of the molecule is Cc1cncc(C(=O)N2CCCC2C(C)(C)O)c1. The minimum absolute atomic E-state index is 0.0316. The summed E-state index contributed by atoms with van der Waals surface area (Å²) in [5.74, 6) is -0.0316. The molecule has 0 bridgehead atoms. The Kier molecular flexibility index (Phi) is 3.39. The van der Waals surface area contributed by atoms with Crippen LogP contribution in [0.15, 0.2) is 18.5 Å². The molecule has 1 fully saturated rings. The minimum Gasteiger partial charge on any atom is -0.388 e. The first kappa shape index (κ1) is 13.0. The Morgan fingerprint density at radius 2 is 2.22 bits per heavy atom. The maximum atomic E-state index is 12.4. The second-order valence-corrected chi connectivity index (χ2v) is 5.56. The van der Waals surface area contributed by atoms with Crippen molar-refractivity contribution in [2.75, 3.05) is 6.54 Å². The van der Waals surface area contributed by atoms with E-state index in [1.165, 1.54) is 0 Å². The van der Waals surface area contributed by atoms with Crippen LogP contribution in [-0.2, 0) is 0 Å². The Balaban J connectivity index is 2.23. The van der Waals surface area contributed by atoms with Gasteiger partial charge in [0.25, 0.3) is 5.91 Å². The first-order valence-corrected chi connectivity index (χ1v) is 6.34. The maximum absolute atomic E-state index is 12.4. The number of aromatic nitrogens is 1. The zero-order valence-corrected chi connectivity index (χ0v) is 11.2. The smallest absolute Gasteiger partial charge is 0.255 e. The quantitative estimate of drug-likeness (QED) is 0.867. The van der Waals surface area contributed by atoms with Crippen LogP contribution in [0.4, 0.5) is 0 Å². The minimum atomic E-state index is -0.858. The summed E-state index contributed by atoms with van der Waals surface area (Å²) in [5, 5.41) is 10.1. The number of pyridine rings is 1. The third-order valence-corrected chi connectivity index (χ3v) is 3.45. The number of rotatable bonds is 2. The fourth-order valence-electron chi connectivity index (χ4n) is 2.58. The van der Waals surface area contributed by atoms with Gasteiger partial charge in [-0.3, -0.25) is 9.78 Å². The van der Waals surface area contributed by atoms with Gasteiger partial charge in [-0.15, -0.1) is 0 Å². The molecule has 98 valence electrons. The average Bonchev–Trinajstić information content (AvgIpc) is 2.76. The van der Waals surface area contributed by atoms with E-state index in [1.54, 1.807) is 31.1 Å². The predicted octanol–water partition coefficient (Wildman–Crippen LogP) is 1.77. The van der Waals surface area contributed by atoms with Gasteiger partial charge in [-0.05, 0) is 45.2 Å². The van der Waals surface area contributed by atoms with Crippen LogP contribution >= 0.6 is 0 Å². The van der Waals surface area contributed by atoms with Gasteiger partial charge in [-0.25, -0.2) is 0 Å². The summed E-state index contributed by atoms with van der Waals surface area (Å²) < 4.78 is 0. The highest BCUT2D eigenvalue weighted by atomic mass is 16.3. The molecule has 1 saturated heterocycles. The lowest BCUT2D eigenvalue weighted by Gasteiger charge is -2.33. The number of carbonyl (C=O) groups excluding carboxylic acids is 1. The van der Waals surface area contributed by atoms with Crippen molar-refractivity contribution in [1.82, 2.24) is 9.88 Å². The number of hydrogen-bond donors (Lipinski definition) is 1. The molecular formula is C14H20N2O2. The molecule has 18 heavy (non-hydrogen) atoms. The molecule has 4 nitrogen and oxygen atoms in total. The van der Waals surface area contributed by atoms with Crippen LogP contribution in [0.3, 0.4) is 0 Å². The van der Waals surface area contributed by atoms with E-state index >= 15 is 0 Å². The van der Waals surface area contributed by atoms with E-state index in [2.05, 4.69) is 4.98 Å². The van der Waals surface area contributed by atoms with Crippen LogP contribution in [0.1, 0.15) is 42.6 Å². The lowest BCUT2D eigenvalue weighted by molar-refractivity contribution is 0.000317. The Bertz CT molecular complexity index is 451. The maximum Gasteiger partial charge on any atom is 0.255 e. The van der Waals surface area contributed by atoms with E-state index in [-0.39, 0.29) is 11.9 Å². The second-order valence-electron chi connectivity index (χ2n) is 5.56. The van der Waals surface area contributed by atoms with E-state index in [9.17, 15) is 9.90 Å². The van der Waals surface area contributed by atoms with Gasteiger partial charge in [0.05, 0.1) is 17.2 Å². The first-order chi connectivity index (χ1) is 8.39. The molecule has 1 aromatic rings. The Morgan fingerprint density at radius 1 is 1.50 bits per heavy atom. The summed E-state index contributed by atoms with van der Waals surface area (Å²) in [4.78, 5) is 18.3. The van der Waals surface area contributed by atoms with Gasteiger partial charge >= 0.3 is 0 Å². The van der Waals surface area contributed by atoms with Crippen molar-refractivity contribution in [2.45, 2.75) is 45.3 Å². The van der Waals surface area contributed by atoms with Crippen molar-refractivity contribution in [3.63, 3.8) is 0 Å². The first-order valence-electron chi connectivity index (χ1n) is 6.34. The van der Waals surface area contributed by atoms with Crippen LogP contribution in [0.2, 0.25) is 0 Å². The van der Waals surface area contributed by atoms with Crippen LogP contribution in [0, 0.1) is 6.92 Å². The highest BCUT2D eigenvalue weighted by Gasteiger charge is 2.38. The molecule has 1 aliphatic heterocycles. The zero-order valence-electron chi connectivity index (χ0n) is 11.2. The monoisotopic (exact) mass is 248 g/mol. The van der Waals surface area contributed by atoms with E-state index in [0.29, 0.717) is 12.1 Å². The predicted molar refractivity (Wildman–Crippen MR) is 69.3 cm³/mol. The number of amides is 1. The molecule has 1 atom stereocenters. The molecule has 0 spiro atoms. The van der Waals surface area contributed by atoms with E-state index in [4.69, 9.17) is 0 Å². The van der Waals surface area contributed by atoms with Crippen molar-refractivity contribution in [2.24, 2.45) is 0 Å². The fraction of sp³-hybridized carbons (Fsp3) is 0.571.